The van der Waals surface area contributed by atoms with E-state index in [9.17, 15) is 9.59 Å². The predicted octanol–water partition coefficient (Wildman–Crippen LogP) is 5.92. The van der Waals surface area contributed by atoms with E-state index in [0.717, 1.165) is 37.1 Å². The predicted molar refractivity (Wildman–Crippen MR) is 120 cm³/mol. The summed E-state index contributed by atoms with van der Waals surface area (Å²) in [4.78, 5) is 26.1. The molecule has 1 amide bonds. The van der Waals surface area contributed by atoms with Crippen molar-refractivity contribution in [3.05, 3.63) is 87.2 Å². The number of anilines is 1. The number of rotatable bonds is 7. The minimum absolute atomic E-state index is 0.137. The Labute approximate surface area is 176 Å². The van der Waals surface area contributed by atoms with Crippen molar-refractivity contribution < 1.29 is 4.79 Å². The van der Waals surface area contributed by atoms with E-state index in [4.69, 9.17) is 11.6 Å². The van der Waals surface area contributed by atoms with Crippen molar-refractivity contribution in [1.82, 2.24) is 4.57 Å². The first-order valence-electron chi connectivity index (χ1n) is 9.88. The zero-order valence-electron chi connectivity index (χ0n) is 16.7. The van der Waals surface area contributed by atoms with Crippen LogP contribution < -0.4 is 10.7 Å². The van der Waals surface area contributed by atoms with Gasteiger partial charge in [-0.3, -0.25) is 9.59 Å². The van der Waals surface area contributed by atoms with Crippen LogP contribution in [0.3, 0.4) is 0 Å². The van der Waals surface area contributed by atoms with Crippen molar-refractivity contribution in [3.8, 4) is 11.3 Å². The van der Waals surface area contributed by atoms with Gasteiger partial charge in [0, 0.05) is 18.3 Å². The molecule has 0 aliphatic rings. The lowest BCUT2D eigenvalue weighted by atomic mass is 10.0. The van der Waals surface area contributed by atoms with Crippen LogP contribution >= 0.6 is 11.6 Å². The van der Waals surface area contributed by atoms with E-state index in [-0.39, 0.29) is 11.0 Å². The molecule has 3 aromatic rings. The maximum Gasteiger partial charge on any atom is 0.261 e. The molecular formula is C24H25ClN2O2. The second kappa shape index (κ2) is 9.57. The normalized spacial score (nSPS) is 10.7. The number of aryl methyl sites for hydroxylation is 1. The summed E-state index contributed by atoms with van der Waals surface area (Å²) in [6.45, 7) is 4.81. The standard InChI is InChI=1S/C24H25ClN2O2/c1-3-4-10-15-27-17(2)16-21(28)22(23(27)18-11-6-5-7-12-18)24(29)26-20-14-9-8-13-19(20)25/h5-9,11-14,16H,3-4,10,15H2,1-2H3,(H,26,29). The summed E-state index contributed by atoms with van der Waals surface area (Å²) >= 11 is 6.20. The van der Waals surface area contributed by atoms with E-state index in [1.54, 1.807) is 30.3 Å². The van der Waals surface area contributed by atoms with Crippen molar-refractivity contribution in [1.29, 1.82) is 0 Å². The van der Waals surface area contributed by atoms with Crippen LogP contribution in [0.4, 0.5) is 5.69 Å². The lowest BCUT2D eigenvalue weighted by Crippen LogP contribution is -2.27. The number of carbonyl (C=O) groups excluding carboxylic acids is 1. The number of unbranched alkanes of at least 4 members (excludes halogenated alkanes) is 2. The van der Waals surface area contributed by atoms with Crippen LogP contribution in [0, 0.1) is 6.92 Å². The van der Waals surface area contributed by atoms with Crippen LogP contribution in [0.1, 0.15) is 42.2 Å². The van der Waals surface area contributed by atoms with Crippen molar-refractivity contribution in [3.63, 3.8) is 0 Å². The molecule has 0 radical (unpaired) electrons. The molecule has 5 heteroatoms. The molecule has 1 aromatic heterocycles. The van der Waals surface area contributed by atoms with Crippen LogP contribution in [-0.2, 0) is 6.54 Å². The summed E-state index contributed by atoms with van der Waals surface area (Å²) in [5, 5.41) is 3.24. The Morgan fingerprint density at radius 3 is 2.41 bits per heavy atom. The Morgan fingerprint density at radius 1 is 1.03 bits per heavy atom. The molecular weight excluding hydrogens is 384 g/mol. The van der Waals surface area contributed by atoms with Gasteiger partial charge in [-0.05, 0) is 31.0 Å². The Morgan fingerprint density at radius 2 is 1.72 bits per heavy atom. The number of halogens is 1. The fourth-order valence-electron chi connectivity index (χ4n) is 3.44. The van der Waals surface area contributed by atoms with E-state index in [0.29, 0.717) is 16.4 Å². The smallest absolute Gasteiger partial charge is 0.261 e. The van der Waals surface area contributed by atoms with Gasteiger partial charge >= 0.3 is 0 Å². The molecule has 0 atom stereocenters. The van der Waals surface area contributed by atoms with Gasteiger partial charge in [-0.25, -0.2) is 0 Å². The molecule has 0 spiro atoms. The molecule has 29 heavy (non-hydrogen) atoms. The van der Waals surface area contributed by atoms with Crippen molar-refractivity contribution in [2.45, 2.75) is 39.7 Å². The second-order valence-electron chi connectivity index (χ2n) is 7.03. The van der Waals surface area contributed by atoms with Crippen LogP contribution in [-0.4, -0.2) is 10.5 Å². The summed E-state index contributed by atoms with van der Waals surface area (Å²) in [5.74, 6) is -0.453. The number of nitrogens with one attached hydrogen (secondary N) is 1. The summed E-state index contributed by atoms with van der Waals surface area (Å²) in [6.07, 6.45) is 3.16. The zero-order valence-corrected chi connectivity index (χ0v) is 17.5. The zero-order chi connectivity index (χ0) is 20.8. The Bertz CT molecular complexity index is 1060. The number of para-hydroxylation sites is 1. The summed E-state index contributed by atoms with van der Waals surface area (Å²) in [6, 6.07) is 18.1. The molecule has 0 aliphatic heterocycles. The minimum Gasteiger partial charge on any atom is -0.344 e. The van der Waals surface area contributed by atoms with Crippen molar-refractivity contribution >= 4 is 23.2 Å². The monoisotopic (exact) mass is 408 g/mol. The molecule has 0 saturated carbocycles. The van der Waals surface area contributed by atoms with Gasteiger partial charge < -0.3 is 9.88 Å². The first-order valence-corrected chi connectivity index (χ1v) is 10.3. The van der Waals surface area contributed by atoms with Gasteiger partial charge in [0.1, 0.15) is 5.56 Å². The van der Waals surface area contributed by atoms with Gasteiger partial charge in [-0.1, -0.05) is 73.8 Å². The van der Waals surface area contributed by atoms with E-state index >= 15 is 0 Å². The quantitative estimate of drug-likeness (QED) is 0.493. The number of aromatic nitrogens is 1. The Hall–Kier alpha value is -2.85. The number of carbonyl (C=O) groups is 1. The number of nitrogens with zero attached hydrogens (tertiary/aromatic N) is 1. The number of benzene rings is 2. The molecule has 2 aromatic carbocycles. The van der Waals surface area contributed by atoms with E-state index in [1.807, 2.05) is 37.3 Å². The summed E-state index contributed by atoms with van der Waals surface area (Å²) < 4.78 is 2.08. The third kappa shape index (κ3) is 4.77. The van der Waals surface area contributed by atoms with Crippen LogP contribution in [0.2, 0.25) is 5.02 Å². The first-order chi connectivity index (χ1) is 14.0. The van der Waals surface area contributed by atoms with Crippen LogP contribution in [0.15, 0.2) is 65.5 Å². The molecule has 3 rings (SSSR count). The van der Waals surface area contributed by atoms with Crippen molar-refractivity contribution in [2.24, 2.45) is 0 Å². The first kappa shape index (κ1) is 20.9. The van der Waals surface area contributed by atoms with Crippen LogP contribution in [0.5, 0.6) is 0 Å². The highest BCUT2D eigenvalue weighted by atomic mass is 35.5. The number of pyridine rings is 1. The molecule has 0 bridgehead atoms. The fraction of sp³-hybridized carbons (Fsp3) is 0.250. The fourth-order valence-corrected chi connectivity index (χ4v) is 3.62. The van der Waals surface area contributed by atoms with Gasteiger partial charge in [-0.15, -0.1) is 0 Å². The third-order valence-corrected chi connectivity index (χ3v) is 5.23. The lowest BCUT2D eigenvalue weighted by Gasteiger charge is -2.20. The van der Waals surface area contributed by atoms with Gasteiger partial charge in [0.05, 0.1) is 16.4 Å². The Kier molecular flexibility index (Phi) is 6.89. The highest BCUT2D eigenvalue weighted by molar-refractivity contribution is 6.34. The average molecular weight is 409 g/mol. The van der Waals surface area contributed by atoms with Gasteiger partial charge in [0.15, 0.2) is 5.43 Å². The third-order valence-electron chi connectivity index (χ3n) is 4.90. The minimum atomic E-state index is -0.453. The summed E-state index contributed by atoms with van der Waals surface area (Å²) in [7, 11) is 0. The topological polar surface area (TPSA) is 51.1 Å². The molecule has 4 nitrogen and oxygen atoms in total. The second-order valence-corrected chi connectivity index (χ2v) is 7.44. The molecule has 0 saturated heterocycles. The molecule has 0 fully saturated rings. The van der Waals surface area contributed by atoms with Gasteiger partial charge in [-0.2, -0.15) is 0 Å². The molecule has 0 unspecified atom stereocenters. The van der Waals surface area contributed by atoms with Gasteiger partial charge in [0.25, 0.3) is 5.91 Å². The number of hydrogen-bond donors (Lipinski definition) is 1. The highest BCUT2D eigenvalue weighted by Crippen LogP contribution is 2.26. The average Bonchev–Trinajstić information content (AvgIpc) is 2.71. The molecule has 0 aliphatic carbocycles. The maximum atomic E-state index is 13.2. The SMILES string of the molecule is CCCCCn1c(C)cc(=O)c(C(=O)Nc2ccccc2Cl)c1-c1ccccc1. The molecule has 1 heterocycles. The Balaban J connectivity index is 2.14. The summed E-state index contributed by atoms with van der Waals surface area (Å²) in [5.41, 5.74) is 2.66. The van der Waals surface area contributed by atoms with Gasteiger partial charge in [0.2, 0.25) is 0 Å². The highest BCUT2D eigenvalue weighted by Gasteiger charge is 2.22. The number of amides is 1. The van der Waals surface area contributed by atoms with Crippen molar-refractivity contribution in [2.75, 3.05) is 5.32 Å². The largest absolute Gasteiger partial charge is 0.344 e. The van der Waals surface area contributed by atoms with E-state index < -0.39 is 5.91 Å². The molecule has 150 valence electrons. The van der Waals surface area contributed by atoms with E-state index in [1.165, 1.54) is 0 Å². The molecule has 1 N–H and O–H groups in total. The van der Waals surface area contributed by atoms with Crippen LogP contribution in [0.25, 0.3) is 11.3 Å². The lowest BCUT2D eigenvalue weighted by molar-refractivity contribution is 0.102. The number of hydrogen-bond acceptors (Lipinski definition) is 2. The maximum absolute atomic E-state index is 13.2. The van der Waals surface area contributed by atoms with E-state index in [2.05, 4.69) is 16.8 Å².